The molecular formula is C14H20ClNO4S. The minimum absolute atomic E-state index is 0.0492. The van der Waals surface area contributed by atoms with Crippen LogP contribution >= 0.6 is 10.7 Å². The molecule has 0 heterocycles. The fourth-order valence-corrected chi connectivity index (χ4v) is 3.04. The summed E-state index contributed by atoms with van der Waals surface area (Å²) >= 11 is 0. The second-order valence-corrected chi connectivity index (χ2v) is 8.44. The maximum atomic E-state index is 11.7. The fourth-order valence-electron chi connectivity index (χ4n) is 1.78. The van der Waals surface area contributed by atoms with E-state index in [-0.39, 0.29) is 22.9 Å². The standard InChI is InChI=1S/C14H20ClNO4S/c1-9-7-12(21(15,18)19)10(2)6-11(9)20-8-13(17)16-14(3,4)5/h6-7H,8H2,1-5H3,(H,16,17). The molecule has 0 aliphatic rings. The van der Waals surface area contributed by atoms with Crippen molar-refractivity contribution < 1.29 is 17.9 Å². The number of rotatable bonds is 4. The Hall–Kier alpha value is -1.27. The summed E-state index contributed by atoms with van der Waals surface area (Å²) in [5, 5.41) is 2.78. The Balaban J connectivity index is 2.87. The Morgan fingerprint density at radius 2 is 1.81 bits per heavy atom. The monoisotopic (exact) mass is 333 g/mol. The molecule has 1 aromatic carbocycles. The summed E-state index contributed by atoms with van der Waals surface area (Å²) in [4.78, 5) is 11.8. The first-order chi connectivity index (χ1) is 9.40. The molecule has 7 heteroatoms. The molecule has 0 bridgehead atoms. The third-order valence-corrected chi connectivity index (χ3v) is 4.07. The molecule has 0 saturated heterocycles. The normalized spacial score (nSPS) is 12.1. The number of carbonyl (C=O) groups is 1. The van der Waals surface area contributed by atoms with E-state index < -0.39 is 9.05 Å². The number of amides is 1. The zero-order valence-electron chi connectivity index (χ0n) is 12.8. The SMILES string of the molecule is Cc1cc(S(=O)(=O)Cl)c(C)cc1OCC(=O)NC(C)(C)C. The molecule has 118 valence electrons. The first-order valence-electron chi connectivity index (χ1n) is 6.40. The smallest absolute Gasteiger partial charge is 0.261 e. The van der Waals surface area contributed by atoms with Gasteiger partial charge in [-0.2, -0.15) is 0 Å². The number of benzene rings is 1. The first kappa shape index (κ1) is 17.8. The van der Waals surface area contributed by atoms with Crippen LogP contribution in [-0.4, -0.2) is 26.5 Å². The number of ether oxygens (including phenoxy) is 1. The van der Waals surface area contributed by atoms with E-state index >= 15 is 0 Å². The summed E-state index contributed by atoms with van der Waals surface area (Å²) in [5.74, 6) is 0.217. The Morgan fingerprint density at radius 3 is 2.29 bits per heavy atom. The molecule has 0 aliphatic heterocycles. The third-order valence-electron chi connectivity index (χ3n) is 2.61. The Kier molecular flexibility index (Phi) is 5.28. The van der Waals surface area contributed by atoms with Crippen molar-refractivity contribution in [3.8, 4) is 5.75 Å². The molecule has 0 fully saturated rings. The first-order valence-corrected chi connectivity index (χ1v) is 8.71. The van der Waals surface area contributed by atoms with Crippen molar-refractivity contribution in [2.24, 2.45) is 0 Å². The number of hydrogen-bond donors (Lipinski definition) is 1. The van der Waals surface area contributed by atoms with Crippen molar-refractivity contribution in [1.82, 2.24) is 5.32 Å². The Labute approximate surface area is 130 Å². The van der Waals surface area contributed by atoms with Crippen LogP contribution in [0.15, 0.2) is 17.0 Å². The molecular weight excluding hydrogens is 314 g/mol. The molecule has 5 nitrogen and oxygen atoms in total. The molecule has 1 N–H and O–H groups in total. The van der Waals surface area contributed by atoms with Gasteiger partial charge in [0.1, 0.15) is 5.75 Å². The van der Waals surface area contributed by atoms with Gasteiger partial charge in [0.05, 0.1) is 4.90 Å². The van der Waals surface area contributed by atoms with Crippen LogP contribution in [0, 0.1) is 13.8 Å². The second kappa shape index (κ2) is 6.23. The van der Waals surface area contributed by atoms with Crippen LogP contribution in [0.25, 0.3) is 0 Å². The Bertz CT molecular complexity index is 648. The summed E-state index contributed by atoms with van der Waals surface area (Å²) in [6, 6.07) is 3.00. The molecule has 21 heavy (non-hydrogen) atoms. The number of carbonyl (C=O) groups excluding carboxylic acids is 1. The lowest BCUT2D eigenvalue weighted by Crippen LogP contribution is -2.43. The minimum Gasteiger partial charge on any atom is -0.483 e. The van der Waals surface area contributed by atoms with Gasteiger partial charge in [0.25, 0.3) is 15.0 Å². The lowest BCUT2D eigenvalue weighted by Gasteiger charge is -2.20. The molecule has 0 radical (unpaired) electrons. The van der Waals surface area contributed by atoms with Crippen LogP contribution in [0.3, 0.4) is 0 Å². The van der Waals surface area contributed by atoms with Gasteiger partial charge in [-0.3, -0.25) is 4.79 Å². The van der Waals surface area contributed by atoms with E-state index in [4.69, 9.17) is 15.4 Å². The maximum absolute atomic E-state index is 11.7. The maximum Gasteiger partial charge on any atom is 0.261 e. The number of nitrogens with one attached hydrogen (secondary N) is 1. The molecule has 0 aromatic heterocycles. The second-order valence-electron chi connectivity index (χ2n) is 5.91. The number of hydrogen-bond acceptors (Lipinski definition) is 4. The summed E-state index contributed by atoms with van der Waals surface area (Å²) in [6.45, 7) is 8.81. The largest absolute Gasteiger partial charge is 0.483 e. The van der Waals surface area contributed by atoms with E-state index in [0.717, 1.165) is 0 Å². The van der Waals surface area contributed by atoms with E-state index in [2.05, 4.69) is 5.32 Å². The molecule has 0 atom stereocenters. The van der Waals surface area contributed by atoms with Gasteiger partial charge in [-0.05, 0) is 57.9 Å². The van der Waals surface area contributed by atoms with Gasteiger partial charge in [-0.15, -0.1) is 0 Å². The highest BCUT2D eigenvalue weighted by molar-refractivity contribution is 8.13. The summed E-state index contributed by atoms with van der Waals surface area (Å²) in [5.41, 5.74) is 0.743. The fraction of sp³-hybridized carbons (Fsp3) is 0.500. The average Bonchev–Trinajstić information content (AvgIpc) is 2.26. The average molecular weight is 334 g/mol. The van der Waals surface area contributed by atoms with Crippen LogP contribution < -0.4 is 10.1 Å². The van der Waals surface area contributed by atoms with Gasteiger partial charge in [-0.25, -0.2) is 8.42 Å². The molecule has 1 amide bonds. The summed E-state index contributed by atoms with van der Waals surface area (Å²) in [6.07, 6.45) is 0. The van der Waals surface area contributed by atoms with Crippen LogP contribution in [0.1, 0.15) is 31.9 Å². The van der Waals surface area contributed by atoms with Crippen LogP contribution in [0.2, 0.25) is 0 Å². The van der Waals surface area contributed by atoms with Crippen LogP contribution in [-0.2, 0) is 13.8 Å². The van der Waals surface area contributed by atoms with E-state index in [1.54, 1.807) is 19.9 Å². The van der Waals surface area contributed by atoms with E-state index in [1.165, 1.54) is 6.07 Å². The van der Waals surface area contributed by atoms with Crippen LogP contribution in [0.4, 0.5) is 0 Å². The van der Waals surface area contributed by atoms with Crippen molar-refractivity contribution in [2.45, 2.75) is 45.1 Å². The van der Waals surface area contributed by atoms with Gasteiger partial charge in [0.2, 0.25) is 0 Å². The zero-order valence-corrected chi connectivity index (χ0v) is 14.4. The number of halogens is 1. The van der Waals surface area contributed by atoms with Crippen molar-refractivity contribution >= 4 is 25.6 Å². The predicted octanol–water partition coefficient (Wildman–Crippen LogP) is 2.52. The molecule has 0 aliphatic carbocycles. The van der Waals surface area contributed by atoms with E-state index in [1.807, 2.05) is 20.8 Å². The van der Waals surface area contributed by atoms with E-state index in [9.17, 15) is 13.2 Å². The van der Waals surface area contributed by atoms with Gasteiger partial charge in [0, 0.05) is 16.2 Å². The zero-order chi connectivity index (χ0) is 16.4. The molecule has 1 aromatic rings. The van der Waals surface area contributed by atoms with Crippen molar-refractivity contribution in [3.63, 3.8) is 0 Å². The van der Waals surface area contributed by atoms with E-state index in [0.29, 0.717) is 16.9 Å². The quantitative estimate of drug-likeness (QED) is 0.859. The van der Waals surface area contributed by atoms with Gasteiger partial charge < -0.3 is 10.1 Å². The number of aryl methyl sites for hydroxylation is 2. The highest BCUT2D eigenvalue weighted by Gasteiger charge is 2.17. The van der Waals surface area contributed by atoms with Crippen molar-refractivity contribution in [2.75, 3.05) is 6.61 Å². The predicted molar refractivity (Wildman–Crippen MR) is 82.3 cm³/mol. The molecule has 0 spiro atoms. The molecule has 1 rings (SSSR count). The highest BCUT2D eigenvalue weighted by Crippen LogP contribution is 2.27. The van der Waals surface area contributed by atoms with Gasteiger partial charge in [0.15, 0.2) is 6.61 Å². The lowest BCUT2D eigenvalue weighted by atomic mass is 10.1. The van der Waals surface area contributed by atoms with Crippen molar-refractivity contribution in [3.05, 3.63) is 23.3 Å². The topological polar surface area (TPSA) is 72.5 Å². The Morgan fingerprint density at radius 1 is 1.24 bits per heavy atom. The lowest BCUT2D eigenvalue weighted by molar-refractivity contribution is -0.124. The van der Waals surface area contributed by atoms with Gasteiger partial charge >= 0.3 is 0 Å². The molecule has 0 unspecified atom stereocenters. The summed E-state index contributed by atoms with van der Waals surface area (Å²) in [7, 11) is 1.56. The summed E-state index contributed by atoms with van der Waals surface area (Å²) < 4.78 is 28.2. The third kappa shape index (κ3) is 5.55. The highest BCUT2D eigenvalue weighted by atomic mass is 35.7. The molecule has 0 saturated carbocycles. The van der Waals surface area contributed by atoms with Gasteiger partial charge in [-0.1, -0.05) is 0 Å². The minimum atomic E-state index is -3.79. The van der Waals surface area contributed by atoms with Crippen LogP contribution in [0.5, 0.6) is 5.75 Å². The van der Waals surface area contributed by atoms with Crippen molar-refractivity contribution in [1.29, 1.82) is 0 Å².